The van der Waals surface area contributed by atoms with Gasteiger partial charge in [0.15, 0.2) is 6.61 Å². The molecule has 140 valence electrons. The molecule has 27 heavy (non-hydrogen) atoms. The van der Waals surface area contributed by atoms with E-state index in [0.29, 0.717) is 24.3 Å². The van der Waals surface area contributed by atoms with Gasteiger partial charge in [0.05, 0.1) is 11.4 Å². The number of nitrogens with zero attached hydrogens (tertiary/aromatic N) is 1. The number of carbonyl (C=O) groups excluding carboxylic acids is 3. The number of nitrogens with one attached hydrogen (secondary N) is 1. The number of hydrogen-bond acceptors (Lipinski definition) is 5. The molecule has 0 bridgehead atoms. The maximum absolute atomic E-state index is 12.2. The van der Waals surface area contributed by atoms with Gasteiger partial charge in [-0.15, -0.1) is 0 Å². The van der Waals surface area contributed by atoms with Crippen molar-refractivity contribution in [3.8, 4) is 5.75 Å². The summed E-state index contributed by atoms with van der Waals surface area (Å²) in [6, 6.07) is 11.5. The number of phenols is 1. The van der Waals surface area contributed by atoms with Crippen molar-refractivity contribution in [2.45, 2.75) is 19.8 Å². The van der Waals surface area contributed by atoms with Crippen molar-refractivity contribution in [1.29, 1.82) is 0 Å². The van der Waals surface area contributed by atoms with E-state index in [4.69, 9.17) is 4.74 Å². The second kappa shape index (κ2) is 7.90. The van der Waals surface area contributed by atoms with Gasteiger partial charge in [-0.25, -0.2) is 4.79 Å². The van der Waals surface area contributed by atoms with Crippen LogP contribution in [0.25, 0.3) is 0 Å². The second-order valence-electron chi connectivity index (χ2n) is 6.31. The average Bonchev–Trinajstić information content (AvgIpc) is 3.08. The van der Waals surface area contributed by atoms with E-state index < -0.39 is 18.5 Å². The summed E-state index contributed by atoms with van der Waals surface area (Å²) in [4.78, 5) is 37.9. The molecule has 2 amide bonds. The zero-order valence-electron chi connectivity index (χ0n) is 14.9. The van der Waals surface area contributed by atoms with E-state index in [1.165, 1.54) is 12.1 Å². The Morgan fingerprint density at radius 1 is 1.22 bits per heavy atom. The third-order valence-electron chi connectivity index (χ3n) is 4.25. The Bertz CT molecular complexity index is 894. The molecule has 0 aromatic heterocycles. The molecule has 0 unspecified atom stereocenters. The minimum Gasteiger partial charge on any atom is -0.507 e. The first-order valence-corrected chi connectivity index (χ1v) is 8.61. The highest BCUT2D eigenvalue weighted by Crippen LogP contribution is 2.29. The molecule has 2 aromatic rings. The van der Waals surface area contributed by atoms with Crippen LogP contribution in [0.4, 0.5) is 11.4 Å². The van der Waals surface area contributed by atoms with Crippen molar-refractivity contribution < 1.29 is 24.2 Å². The zero-order valence-corrected chi connectivity index (χ0v) is 14.9. The smallest absolute Gasteiger partial charge is 0.342 e. The van der Waals surface area contributed by atoms with Crippen molar-refractivity contribution in [3.05, 3.63) is 53.6 Å². The van der Waals surface area contributed by atoms with Crippen molar-refractivity contribution in [1.82, 2.24) is 0 Å². The molecule has 1 heterocycles. The number of rotatable bonds is 5. The topological polar surface area (TPSA) is 95.9 Å². The first-order chi connectivity index (χ1) is 13.0. The van der Waals surface area contributed by atoms with E-state index in [9.17, 15) is 19.5 Å². The highest BCUT2D eigenvalue weighted by atomic mass is 16.5. The highest BCUT2D eigenvalue weighted by molar-refractivity contribution is 6.03. The van der Waals surface area contributed by atoms with Gasteiger partial charge in [-0.1, -0.05) is 23.8 Å². The molecule has 7 heteroatoms. The van der Waals surface area contributed by atoms with Crippen LogP contribution in [0.5, 0.6) is 5.75 Å². The number of amides is 2. The fourth-order valence-corrected chi connectivity index (χ4v) is 2.93. The van der Waals surface area contributed by atoms with E-state index in [2.05, 4.69) is 5.32 Å². The standard InChI is InChI=1S/C20H20N2O5/c1-13-8-9-17(23)14(11-13)20(26)27-12-18(24)21-15-5-2-3-6-16(15)22-10-4-7-19(22)25/h2-3,5-6,8-9,11,23H,4,7,10,12H2,1H3,(H,21,24). The molecule has 3 rings (SSSR count). The lowest BCUT2D eigenvalue weighted by atomic mass is 10.1. The van der Waals surface area contributed by atoms with Gasteiger partial charge in [0.2, 0.25) is 5.91 Å². The Labute approximate surface area is 156 Å². The number of anilines is 2. The van der Waals surface area contributed by atoms with Crippen LogP contribution in [0.2, 0.25) is 0 Å². The third-order valence-corrected chi connectivity index (χ3v) is 4.25. The molecule has 0 atom stereocenters. The van der Waals surface area contributed by atoms with Gasteiger partial charge in [0.1, 0.15) is 11.3 Å². The molecule has 2 aromatic carbocycles. The molecule has 0 spiro atoms. The molecular formula is C20H20N2O5. The Morgan fingerprint density at radius 3 is 2.74 bits per heavy atom. The van der Waals surface area contributed by atoms with E-state index in [1.807, 2.05) is 0 Å². The summed E-state index contributed by atoms with van der Waals surface area (Å²) in [5.74, 6) is -1.51. The van der Waals surface area contributed by atoms with Crippen molar-refractivity contribution in [2.24, 2.45) is 0 Å². The van der Waals surface area contributed by atoms with Crippen LogP contribution in [0.3, 0.4) is 0 Å². The largest absolute Gasteiger partial charge is 0.507 e. The van der Waals surface area contributed by atoms with E-state index in [0.717, 1.165) is 12.0 Å². The number of para-hydroxylation sites is 2. The van der Waals surface area contributed by atoms with Crippen LogP contribution in [0, 0.1) is 6.92 Å². The normalized spacial score (nSPS) is 13.5. The number of esters is 1. The van der Waals surface area contributed by atoms with Crippen LogP contribution >= 0.6 is 0 Å². The number of benzene rings is 2. The van der Waals surface area contributed by atoms with Gasteiger partial charge in [0, 0.05) is 13.0 Å². The van der Waals surface area contributed by atoms with Gasteiger partial charge in [-0.3, -0.25) is 9.59 Å². The fraction of sp³-hybridized carbons (Fsp3) is 0.250. The molecule has 1 aliphatic heterocycles. The zero-order chi connectivity index (χ0) is 19.4. The molecule has 1 aliphatic rings. The van der Waals surface area contributed by atoms with E-state index >= 15 is 0 Å². The molecule has 0 saturated carbocycles. The number of aryl methyl sites for hydroxylation is 1. The third kappa shape index (κ3) is 4.25. The van der Waals surface area contributed by atoms with Crippen LogP contribution in [-0.2, 0) is 14.3 Å². The van der Waals surface area contributed by atoms with Gasteiger partial charge in [0.25, 0.3) is 5.91 Å². The monoisotopic (exact) mass is 368 g/mol. The van der Waals surface area contributed by atoms with E-state index in [-0.39, 0.29) is 17.2 Å². The van der Waals surface area contributed by atoms with Crippen molar-refractivity contribution in [3.63, 3.8) is 0 Å². The molecule has 1 fully saturated rings. The van der Waals surface area contributed by atoms with Gasteiger partial charge < -0.3 is 20.1 Å². The number of hydrogen-bond donors (Lipinski definition) is 2. The van der Waals surface area contributed by atoms with Crippen LogP contribution in [0.15, 0.2) is 42.5 Å². The Hall–Kier alpha value is -3.35. The summed E-state index contributed by atoms with van der Waals surface area (Å²) >= 11 is 0. The lowest BCUT2D eigenvalue weighted by molar-refractivity contribution is -0.119. The van der Waals surface area contributed by atoms with Crippen LogP contribution < -0.4 is 10.2 Å². The Morgan fingerprint density at radius 2 is 2.00 bits per heavy atom. The molecular weight excluding hydrogens is 348 g/mol. The average molecular weight is 368 g/mol. The minimum atomic E-state index is -0.783. The summed E-state index contributed by atoms with van der Waals surface area (Å²) in [5.41, 5.74) is 1.89. The minimum absolute atomic E-state index is 0.00543. The summed E-state index contributed by atoms with van der Waals surface area (Å²) < 4.78 is 4.99. The number of phenolic OH excluding ortho intramolecular Hbond substituents is 1. The molecule has 0 aliphatic carbocycles. The second-order valence-corrected chi connectivity index (χ2v) is 6.31. The Kier molecular flexibility index (Phi) is 5.40. The highest BCUT2D eigenvalue weighted by Gasteiger charge is 2.24. The van der Waals surface area contributed by atoms with Crippen LogP contribution in [0.1, 0.15) is 28.8 Å². The number of carbonyl (C=O) groups is 3. The first kappa shape index (κ1) is 18.4. The SMILES string of the molecule is Cc1ccc(O)c(C(=O)OCC(=O)Nc2ccccc2N2CCCC2=O)c1. The lowest BCUT2D eigenvalue weighted by Crippen LogP contribution is -2.27. The molecule has 1 saturated heterocycles. The summed E-state index contributed by atoms with van der Waals surface area (Å²) in [6.07, 6.45) is 1.26. The summed E-state index contributed by atoms with van der Waals surface area (Å²) in [7, 11) is 0. The Balaban J connectivity index is 1.64. The van der Waals surface area contributed by atoms with Crippen molar-refractivity contribution >= 4 is 29.2 Å². The molecule has 2 N–H and O–H groups in total. The summed E-state index contributed by atoms with van der Waals surface area (Å²) in [6.45, 7) is 1.88. The maximum Gasteiger partial charge on any atom is 0.342 e. The summed E-state index contributed by atoms with van der Waals surface area (Å²) in [5, 5.41) is 12.4. The maximum atomic E-state index is 12.2. The van der Waals surface area contributed by atoms with Gasteiger partial charge in [-0.05, 0) is 37.6 Å². The van der Waals surface area contributed by atoms with Gasteiger partial charge in [-0.2, -0.15) is 0 Å². The number of aromatic hydroxyl groups is 1. The van der Waals surface area contributed by atoms with E-state index in [1.54, 1.807) is 42.2 Å². The van der Waals surface area contributed by atoms with Gasteiger partial charge >= 0.3 is 5.97 Å². The first-order valence-electron chi connectivity index (χ1n) is 8.61. The predicted molar refractivity (Wildman–Crippen MR) is 99.8 cm³/mol. The predicted octanol–water partition coefficient (Wildman–Crippen LogP) is 2.62. The molecule has 7 nitrogen and oxygen atoms in total. The lowest BCUT2D eigenvalue weighted by Gasteiger charge is -2.19. The quantitative estimate of drug-likeness (QED) is 0.791. The molecule has 0 radical (unpaired) electrons. The van der Waals surface area contributed by atoms with Crippen LogP contribution in [-0.4, -0.2) is 36.0 Å². The number of ether oxygens (including phenoxy) is 1. The van der Waals surface area contributed by atoms with Crippen molar-refractivity contribution in [2.75, 3.05) is 23.4 Å². The fourth-order valence-electron chi connectivity index (χ4n) is 2.93.